The van der Waals surface area contributed by atoms with E-state index in [9.17, 15) is 14.7 Å². The molecule has 27 heavy (non-hydrogen) atoms. The van der Waals surface area contributed by atoms with Gasteiger partial charge in [0.25, 0.3) is 0 Å². The molecular formula is C20H31NO6. The predicted molar refractivity (Wildman–Crippen MR) is 102 cm³/mol. The third-order valence-corrected chi connectivity index (χ3v) is 3.95. The molecule has 0 saturated carbocycles. The molecule has 0 fully saturated rings. The number of carbonyl (C=O) groups excluding carboxylic acids is 2. The Balaban J connectivity index is 2.64. The molecule has 0 aliphatic heterocycles. The van der Waals surface area contributed by atoms with Crippen molar-refractivity contribution in [2.75, 3.05) is 40.5 Å². The highest BCUT2D eigenvalue weighted by Gasteiger charge is 2.16. The van der Waals surface area contributed by atoms with Crippen molar-refractivity contribution in [1.29, 1.82) is 0 Å². The van der Waals surface area contributed by atoms with E-state index in [1.807, 2.05) is 4.90 Å². The maximum Gasteiger partial charge on any atom is 0.306 e. The summed E-state index contributed by atoms with van der Waals surface area (Å²) in [4.78, 5) is 24.8. The van der Waals surface area contributed by atoms with Crippen molar-refractivity contribution in [3.05, 3.63) is 23.8 Å². The van der Waals surface area contributed by atoms with Crippen LogP contribution in [0, 0.1) is 5.92 Å². The number of benzene rings is 1. The van der Waals surface area contributed by atoms with Crippen molar-refractivity contribution in [3.8, 4) is 11.5 Å². The number of ether oxygens (including phenoxy) is 3. The van der Waals surface area contributed by atoms with Crippen molar-refractivity contribution in [1.82, 2.24) is 4.90 Å². The lowest BCUT2D eigenvalue weighted by Crippen LogP contribution is -2.39. The van der Waals surface area contributed by atoms with Crippen molar-refractivity contribution in [2.24, 2.45) is 5.92 Å². The van der Waals surface area contributed by atoms with Crippen molar-refractivity contribution >= 4 is 11.8 Å². The molecule has 1 rings (SSSR count). The second-order valence-electron chi connectivity index (χ2n) is 6.87. The van der Waals surface area contributed by atoms with Crippen LogP contribution in [-0.2, 0) is 9.53 Å². The first-order valence-corrected chi connectivity index (χ1v) is 9.05. The van der Waals surface area contributed by atoms with E-state index in [0.717, 1.165) is 6.54 Å². The van der Waals surface area contributed by atoms with Gasteiger partial charge in [-0.3, -0.25) is 14.5 Å². The lowest BCUT2D eigenvalue weighted by Gasteiger charge is -2.26. The largest absolute Gasteiger partial charge is 0.493 e. The number of aliphatic hydroxyl groups is 1. The molecule has 0 saturated heterocycles. The Labute approximate surface area is 161 Å². The molecule has 1 atom stereocenters. The van der Waals surface area contributed by atoms with E-state index in [4.69, 9.17) is 9.47 Å². The van der Waals surface area contributed by atoms with Gasteiger partial charge in [0.2, 0.25) is 0 Å². The number of hydrogen-bond acceptors (Lipinski definition) is 7. The summed E-state index contributed by atoms with van der Waals surface area (Å²) in [7, 11) is 2.86. The average molecular weight is 381 g/mol. The van der Waals surface area contributed by atoms with Gasteiger partial charge in [-0.05, 0) is 31.0 Å². The SMILES string of the molecule is COC(=O)CCN(CC(C)C)CC(O)COc1ccc(C(C)=O)cc1OC. The van der Waals surface area contributed by atoms with Crippen LogP contribution in [-0.4, -0.2) is 68.3 Å². The fraction of sp³-hybridized carbons (Fsp3) is 0.600. The number of esters is 1. The van der Waals surface area contributed by atoms with Crippen LogP contribution < -0.4 is 9.47 Å². The molecule has 1 N–H and O–H groups in total. The number of Topliss-reactive ketones (excluding diaryl/α,β-unsaturated/α-hetero) is 1. The van der Waals surface area contributed by atoms with Crippen LogP contribution in [0.25, 0.3) is 0 Å². The first-order chi connectivity index (χ1) is 12.8. The zero-order chi connectivity index (χ0) is 20.4. The summed E-state index contributed by atoms with van der Waals surface area (Å²) in [6.45, 7) is 7.36. The molecule has 7 heteroatoms. The van der Waals surface area contributed by atoms with Crippen LogP contribution in [0.2, 0.25) is 0 Å². The first kappa shape index (κ1) is 22.9. The fourth-order valence-corrected chi connectivity index (χ4v) is 2.67. The van der Waals surface area contributed by atoms with Crippen LogP contribution in [0.5, 0.6) is 11.5 Å². The van der Waals surface area contributed by atoms with Crippen molar-refractivity contribution in [3.63, 3.8) is 0 Å². The van der Waals surface area contributed by atoms with E-state index in [-0.39, 0.29) is 24.8 Å². The van der Waals surface area contributed by atoms with Crippen LogP contribution in [0.15, 0.2) is 18.2 Å². The molecular weight excluding hydrogens is 350 g/mol. The minimum Gasteiger partial charge on any atom is -0.493 e. The lowest BCUT2D eigenvalue weighted by molar-refractivity contribution is -0.141. The van der Waals surface area contributed by atoms with E-state index in [1.165, 1.54) is 21.1 Å². The topological polar surface area (TPSA) is 85.3 Å². The molecule has 1 aromatic carbocycles. The van der Waals surface area contributed by atoms with Crippen LogP contribution in [0.4, 0.5) is 0 Å². The standard InChI is InChI=1S/C20H31NO6/c1-14(2)11-21(9-8-20(24)26-5)12-17(23)13-27-18-7-6-16(15(3)22)10-19(18)25-4/h6-7,10,14,17,23H,8-9,11-13H2,1-5H3. The zero-order valence-corrected chi connectivity index (χ0v) is 16.9. The second kappa shape index (κ2) is 11.6. The minimum absolute atomic E-state index is 0.0604. The number of aliphatic hydroxyl groups excluding tert-OH is 1. The number of hydrogen-bond donors (Lipinski definition) is 1. The smallest absolute Gasteiger partial charge is 0.306 e. The molecule has 0 radical (unpaired) electrons. The first-order valence-electron chi connectivity index (χ1n) is 9.05. The molecule has 152 valence electrons. The van der Waals surface area contributed by atoms with Gasteiger partial charge in [0.15, 0.2) is 17.3 Å². The Kier molecular flexibility index (Phi) is 9.82. The summed E-state index contributed by atoms with van der Waals surface area (Å²) in [6, 6.07) is 4.94. The fourth-order valence-electron chi connectivity index (χ4n) is 2.67. The van der Waals surface area contributed by atoms with Gasteiger partial charge in [-0.15, -0.1) is 0 Å². The van der Waals surface area contributed by atoms with Gasteiger partial charge in [-0.25, -0.2) is 0 Å². The molecule has 1 unspecified atom stereocenters. The molecule has 0 spiro atoms. The van der Waals surface area contributed by atoms with Crippen LogP contribution in [0.1, 0.15) is 37.6 Å². The molecule has 0 bridgehead atoms. The molecule has 1 aromatic rings. The zero-order valence-electron chi connectivity index (χ0n) is 16.9. The predicted octanol–water partition coefficient (Wildman–Crippen LogP) is 2.16. The summed E-state index contributed by atoms with van der Waals surface area (Å²) in [5.74, 6) is 0.973. The van der Waals surface area contributed by atoms with Crippen LogP contribution >= 0.6 is 0 Å². The third kappa shape index (κ3) is 8.41. The summed E-state index contributed by atoms with van der Waals surface area (Å²) in [6.07, 6.45) is -0.462. The average Bonchev–Trinajstić information content (AvgIpc) is 2.63. The molecule has 0 amide bonds. The third-order valence-electron chi connectivity index (χ3n) is 3.95. The van der Waals surface area contributed by atoms with Gasteiger partial charge in [0.05, 0.1) is 20.6 Å². The highest BCUT2D eigenvalue weighted by atomic mass is 16.5. The molecule has 0 aliphatic rings. The van der Waals surface area contributed by atoms with Gasteiger partial charge in [-0.2, -0.15) is 0 Å². The van der Waals surface area contributed by atoms with Crippen LogP contribution in [0.3, 0.4) is 0 Å². The minimum atomic E-state index is -0.737. The number of carbonyl (C=O) groups is 2. The van der Waals surface area contributed by atoms with Gasteiger partial charge in [0, 0.05) is 25.2 Å². The Morgan fingerprint density at radius 1 is 1.15 bits per heavy atom. The van der Waals surface area contributed by atoms with Gasteiger partial charge < -0.3 is 19.3 Å². The monoisotopic (exact) mass is 381 g/mol. The molecule has 0 aromatic heterocycles. The highest BCUT2D eigenvalue weighted by Crippen LogP contribution is 2.28. The maximum atomic E-state index is 11.5. The summed E-state index contributed by atoms with van der Waals surface area (Å²) < 4.78 is 15.6. The van der Waals surface area contributed by atoms with Gasteiger partial charge in [-0.1, -0.05) is 13.8 Å². The highest BCUT2D eigenvalue weighted by molar-refractivity contribution is 5.94. The lowest BCUT2D eigenvalue weighted by atomic mass is 10.1. The second-order valence-corrected chi connectivity index (χ2v) is 6.87. The number of nitrogens with zero attached hydrogens (tertiary/aromatic N) is 1. The summed E-state index contributed by atoms with van der Waals surface area (Å²) in [5.41, 5.74) is 0.533. The van der Waals surface area contributed by atoms with E-state index in [1.54, 1.807) is 18.2 Å². The normalized spacial score (nSPS) is 12.1. The van der Waals surface area contributed by atoms with E-state index < -0.39 is 6.10 Å². The number of rotatable bonds is 12. The Bertz CT molecular complexity index is 616. The summed E-state index contributed by atoms with van der Waals surface area (Å²) >= 11 is 0. The Morgan fingerprint density at radius 2 is 1.85 bits per heavy atom. The molecule has 7 nitrogen and oxygen atoms in total. The Morgan fingerprint density at radius 3 is 2.41 bits per heavy atom. The van der Waals surface area contributed by atoms with E-state index in [0.29, 0.717) is 36.1 Å². The maximum absolute atomic E-state index is 11.5. The number of ketones is 1. The Hall–Kier alpha value is -2.12. The molecule has 0 aliphatic carbocycles. The van der Waals surface area contributed by atoms with E-state index >= 15 is 0 Å². The van der Waals surface area contributed by atoms with E-state index in [2.05, 4.69) is 18.6 Å². The van der Waals surface area contributed by atoms with Crippen molar-refractivity contribution in [2.45, 2.75) is 33.3 Å². The number of methoxy groups -OCH3 is 2. The van der Waals surface area contributed by atoms with Gasteiger partial charge >= 0.3 is 5.97 Å². The van der Waals surface area contributed by atoms with Crippen molar-refractivity contribution < 1.29 is 28.9 Å². The van der Waals surface area contributed by atoms with Gasteiger partial charge in [0.1, 0.15) is 12.7 Å². The summed E-state index contributed by atoms with van der Waals surface area (Å²) in [5, 5.41) is 10.3. The molecule has 0 heterocycles. The quantitative estimate of drug-likeness (QED) is 0.439.